The summed E-state index contributed by atoms with van der Waals surface area (Å²) in [6.07, 6.45) is 4.93. The van der Waals surface area contributed by atoms with Gasteiger partial charge in [0.2, 0.25) is 0 Å². The molecule has 1 aromatic heterocycles. The Labute approximate surface area is 147 Å². The lowest BCUT2D eigenvalue weighted by atomic mass is 9.83. The zero-order valence-electron chi connectivity index (χ0n) is 14.3. The van der Waals surface area contributed by atoms with Crippen LogP contribution in [0.4, 0.5) is 4.39 Å². The van der Waals surface area contributed by atoms with Crippen molar-refractivity contribution in [1.82, 2.24) is 10.3 Å². The van der Waals surface area contributed by atoms with E-state index in [4.69, 9.17) is 0 Å². The number of amides is 1. The number of hydrogen-bond acceptors (Lipinski definition) is 3. The molecule has 2 N–H and O–H groups in total. The number of rotatable bonds is 4. The molecule has 0 bridgehead atoms. The van der Waals surface area contributed by atoms with Crippen molar-refractivity contribution in [2.75, 3.05) is 0 Å². The van der Waals surface area contributed by atoms with Gasteiger partial charge < -0.3 is 10.4 Å². The third-order valence-electron chi connectivity index (χ3n) is 4.88. The zero-order chi connectivity index (χ0) is 17.8. The van der Waals surface area contributed by atoms with E-state index in [0.717, 1.165) is 25.7 Å². The molecule has 5 heteroatoms. The van der Waals surface area contributed by atoms with E-state index >= 15 is 0 Å². The van der Waals surface area contributed by atoms with Gasteiger partial charge in [-0.3, -0.25) is 9.78 Å². The van der Waals surface area contributed by atoms with Gasteiger partial charge in [-0.2, -0.15) is 0 Å². The van der Waals surface area contributed by atoms with Crippen molar-refractivity contribution < 1.29 is 14.3 Å². The van der Waals surface area contributed by atoms with Crippen LogP contribution in [0.3, 0.4) is 0 Å². The molecule has 0 radical (unpaired) electrons. The van der Waals surface area contributed by atoms with Gasteiger partial charge in [0.15, 0.2) is 0 Å². The van der Waals surface area contributed by atoms with Crippen LogP contribution in [0.15, 0.2) is 42.6 Å². The second-order valence-electron chi connectivity index (χ2n) is 6.78. The summed E-state index contributed by atoms with van der Waals surface area (Å²) in [6, 6.07) is 9.73. The number of nitrogens with zero attached hydrogens (tertiary/aromatic N) is 1. The molecule has 132 valence electrons. The SMILES string of the molecule is CC(O)[C@@H]1CCC[C@H](NC(=O)c2ccc(-c3cccc(F)c3)nc2)C1. The Kier molecular flexibility index (Phi) is 5.43. The quantitative estimate of drug-likeness (QED) is 0.893. The highest BCUT2D eigenvalue weighted by Gasteiger charge is 2.26. The fraction of sp³-hybridized carbons (Fsp3) is 0.400. The number of halogens is 1. The smallest absolute Gasteiger partial charge is 0.253 e. The number of hydrogen-bond donors (Lipinski definition) is 2. The molecule has 1 heterocycles. The van der Waals surface area contributed by atoms with E-state index in [0.29, 0.717) is 16.8 Å². The lowest BCUT2D eigenvalue weighted by Crippen LogP contribution is -2.40. The summed E-state index contributed by atoms with van der Waals surface area (Å²) in [6.45, 7) is 1.81. The Bertz CT molecular complexity index is 731. The first-order valence-corrected chi connectivity index (χ1v) is 8.74. The summed E-state index contributed by atoms with van der Waals surface area (Å²) in [5, 5.41) is 12.8. The zero-order valence-corrected chi connectivity index (χ0v) is 14.3. The molecule has 1 aliphatic rings. The molecule has 1 aliphatic carbocycles. The fourth-order valence-electron chi connectivity index (χ4n) is 3.41. The Balaban J connectivity index is 1.65. The van der Waals surface area contributed by atoms with E-state index in [9.17, 15) is 14.3 Å². The van der Waals surface area contributed by atoms with Crippen molar-refractivity contribution in [3.05, 3.63) is 54.0 Å². The highest BCUT2D eigenvalue weighted by Crippen LogP contribution is 2.27. The van der Waals surface area contributed by atoms with Gasteiger partial charge in [-0.15, -0.1) is 0 Å². The molecule has 3 atom stereocenters. The van der Waals surface area contributed by atoms with Crippen molar-refractivity contribution in [3.8, 4) is 11.3 Å². The molecule has 0 saturated heterocycles. The normalized spacial score (nSPS) is 21.6. The van der Waals surface area contributed by atoms with Crippen LogP contribution < -0.4 is 5.32 Å². The first-order valence-electron chi connectivity index (χ1n) is 8.74. The summed E-state index contributed by atoms with van der Waals surface area (Å²) < 4.78 is 13.3. The van der Waals surface area contributed by atoms with Crippen LogP contribution in [-0.4, -0.2) is 28.1 Å². The number of nitrogens with one attached hydrogen (secondary N) is 1. The van der Waals surface area contributed by atoms with Crippen LogP contribution in [0, 0.1) is 11.7 Å². The number of carbonyl (C=O) groups excluding carboxylic acids is 1. The Morgan fingerprint density at radius 3 is 2.84 bits per heavy atom. The second kappa shape index (κ2) is 7.74. The van der Waals surface area contributed by atoms with Crippen LogP contribution in [0.2, 0.25) is 0 Å². The van der Waals surface area contributed by atoms with Crippen LogP contribution in [0.1, 0.15) is 43.0 Å². The summed E-state index contributed by atoms with van der Waals surface area (Å²) in [7, 11) is 0. The van der Waals surface area contributed by atoms with E-state index < -0.39 is 0 Å². The Morgan fingerprint density at radius 2 is 2.16 bits per heavy atom. The average molecular weight is 342 g/mol. The number of carbonyl (C=O) groups is 1. The minimum Gasteiger partial charge on any atom is -0.393 e. The Morgan fingerprint density at radius 1 is 1.32 bits per heavy atom. The van der Waals surface area contributed by atoms with E-state index in [1.54, 1.807) is 24.3 Å². The van der Waals surface area contributed by atoms with Crippen molar-refractivity contribution in [2.24, 2.45) is 5.92 Å². The van der Waals surface area contributed by atoms with Crippen molar-refractivity contribution in [3.63, 3.8) is 0 Å². The molecule has 2 aromatic rings. The average Bonchev–Trinajstić information content (AvgIpc) is 2.62. The van der Waals surface area contributed by atoms with Gasteiger partial charge in [-0.1, -0.05) is 18.6 Å². The molecular weight excluding hydrogens is 319 g/mol. The molecule has 3 rings (SSSR count). The first kappa shape index (κ1) is 17.5. The van der Waals surface area contributed by atoms with Gasteiger partial charge in [-0.25, -0.2) is 4.39 Å². The number of aromatic nitrogens is 1. The van der Waals surface area contributed by atoms with Gasteiger partial charge in [-0.05, 0) is 56.4 Å². The number of benzene rings is 1. The molecule has 25 heavy (non-hydrogen) atoms. The van der Waals surface area contributed by atoms with Crippen molar-refractivity contribution in [2.45, 2.75) is 44.8 Å². The van der Waals surface area contributed by atoms with E-state index in [2.05, 4.69) is 10.3 Å². The maximum absolute atomic E-state index is 13.3. The molecule has 1 amide bonds. The van der Waals surface area contributed by atoms with Gasteiger partial charge in [0.25, 0.3) is 5.91 Å². The molecule has 1 aromatic carbocycles. The second-order valence-corrected chi connectivity index (χ2v) is 6.78. The highest BCUT2D eigenvalue weighted by atomic mass is 19.1. The lowest BCUT2D eigenvalue weighted by Gasteiger charge is -2.31. The number of aliphatic hydroxyl groups is 1. The predicted octanol–water partition coefficient (Wildman–Crippen LogP) is 3.56. The van der Waals surface area contributed by atoms with E-state index in [1.807, 2.05) is 6.92 Å². The van der Waals surface area contributed by atoms with Crippen molar-refractivity contribution in [1.29, 1.82) is 0 Å². The fourth-order valence-corrected chi connectivity index (χ4v) is 3.41. The largest absolute Gasteiger partial charge is 0.393 e. The van der Waals surface area contributed by atoms with Gasteiger partial charge in [0.1, 0.15) is 5.82 Å². The van der Waals surface area contributed by atoms with Gasteiger partial charge in [0.05, 0.1) is 17.4 Å². The topological polar surface area (TPSA) is 62.2 Å². The third kappa shape index (κ3) is 4.42. The summed E-state index contributed by atoms with van der Waals surface area (Å²) in [5.41, 5.74) is 1.79. The molecule has 1 fully saturated rings. The van der Waals surface area contributed by atoms with E-state index in [-0.39, 0.29) is 29.8 Å². The van der Waals surface area contributed by atoms with E-state index in [1.165, 1.54) is 18.3 Å². The first-order chi connectivity index (χ1) is 12.0. The predicted molar refractivity (Wildman–Crippen MR) is 94.5 cm³/mol. The van der Waals surface area contributed by atoms with Crippen LogP contribution in [-0.2, 0) is 0 Å². The number of pyridine rings is 1. The van der Waals surface area contributed by atoms with Crippen LogP contribution in [0.5, 0.6) is 0 Å². The standard InChI is InChI=1S/C20H23FN2O2/c1-13(24)14-4-3-7-18(11-14)23-20(25)16-8-9-19(22-12-16)15-5-2-6-17(21)10-15/h2,5-6,8-10,12-14,18,24H,3-4,7,11H2,1H3,(H,23,25)/t13?,14-,18+/m1/s1. The van der Waals surface area contributed by atoms with Crippen molar-refractivity contribution >= 4 is 5.91 Å². The number of aliphatic hydroxyl groups excluding tert-OH is 1. The molecule has 0 spiro atoms. The lowest BCUT2D eigenvalue weighted by molar-refractivity contribution is 0.0791. The molecule has 1 unspecified atom stereocenters. The maximum atomic E-state index is 13.3. The monoisotopic (exact) mass is 342 g/mol. The summed E-state index contributed by atoms with van der Waals surface area (Å²) >= 11 is 0. The maximum Gasteiger partial charge on any atom is 0.253 e. The minimum absolute atomic E-state index is 0.0868. The highest BCUT2D eigenvalue weighted by molar-refractivity contribution is 5.94. The Hall–Kier alpha value is -2.27. The third-order valence-corrected chi connectivity index (χ3v) is 4.88. The van der Waals surface area contributed by atoms with Gasteiger partial charge in [0, 0.05) is 17.8 Å². The minimum atomic E-state index is -0.341. The molecular formula is C20H23FN2O2. The summed E-state index contributed by atoms with van der Waals surface area (Å²) in [5.74, 6) is -0.229. The molecule has 1 saturated carbocycles. The van der Waals surface area contributed by atoms with Crippen LogP contribution >= 0.6 is 0 Å². The summed E-state index contributed by atoms with van der Waals surface area (Å²) in [4.78, 5) is 16.7. The van der Waals surface area contributed by atoms with Gasteiger partial charge >= 0.3 is 0 Å². The van der Waals surface area contributed by atoms with Crippen LogP contribution in [0.25, 0.3) is 11.3 Å². The molecule has 4 nitrogen and oxygen atoms in total. The molecule has 0 aliphatic heterocycles.